The largest absolute Gasteiger partial charge is 0.400 e. The van der Waals surface area contributed by atoms with E-state index in [-0.39, 0.29) is 0 Å². The van der Waals surface area contributed by atoms with Crippen LogP contribution in [0.1, 0.15) is 55.4 Å². The molecule has 0 aromatic carbocycles. The molecule has 1 nitrogen and oxygen atoms in total. The van der Waals surface area contributed by atoms with Gasteiger partial charge in [0.05, 0.1) is 0 Å². The van der Waals surface area contributed by atoms with Crippen molar-refractivity contribution in [3.8, 4) is 0 Å². The standard InChI is InChI=1S/C8H14.2C2H6.CH4O/c1-5-7(3)8(4)6-2;3*1-2/h5-6H,1-4H3;2*1-2H3;2H,1H3/b7-5-,8-6-;;;. The fraction of sp³-hybridized carbons (Fsp3) is 0.692. The summed E-state index contributed by atoms with van der Waals surface area (Å²) in [5.74, 6) is 0. The molecule has 0 heterocycles. The van der Waals surface area contributed by atoms with E-state index in [0.29, 0.717) is 0 Å². The van der Waals surface area contributed by atoms with Crippen LogP contribution in [0.4, 0.5) is 0 Å². The van der Waals surface area contributed by atoms with Crippen LogP contribution in [0.15, 0.2) is 23.3 Å². The van der Waals surface area contributed by atoms with Crippen LogP contribution in [0.25, 0.3) is 0 Å². The maximum Gasteiger partial charge on any atom is 0.0319 e. The Kier molecular flexibility index (Phi) is 49.0. The van der Waals surface area contributed by atoms with Crippen molar-refractivity contribution in [1.29, 1.82) is 0 Å². The zero-order valence-corrected chi connectivity index (χ0v) is 11.6. The molecule has 0 aromatic heterocycles. The lowest BCUT2D eigenvalue weighted by Gasteiger charge is -1.95. The molecule has 1 N–H and O–H groups in total. The highest BCUT2D eigenvalue weighted by Gasteiger charge is 1.84. The van der Waals surface area contributed by atoms with Crippen LogP contribution < -0.4 is 0 Å². The van der Waals surface area contributed by atoms with Gasteiger partial charge in [-0.2, -0.15) is 0 Å². The van der Waals surface area contributed by atoms with Crippen molar-refractivity contribution < 1.29 is 5.11 Å². The van der Waals surface area contributed by atoms with Crippen molar-refractivity contribution >= 4 is 0 Å². The first-order valence-electron chi connectivity index (χ1n) is 5.43. The molecule has 0 saturated heterocycles. The van der Waals surface area contributed by atoms with E-state index in [1.807, 2.05) is 27.7 Å². The van der Waals surface area contributed by atoms with Crippen molar-refractivity contribution in [1.82, 2.24) is 0 Å². The Balaban J connectivity index is -0.0000000708. The molecule has 0 aliphatic heterocycles. The van der Waals surface area contributed by atoms with Crippen molar-refractivity contribution in [3.63, 3.8) is 0 Å². The smallest absolute Gasteiger partial charge is 0.0319 e. The van der Waals surface area contributed by atoms with Crippen LogP contribution in [0.3, 0.4) is 0 Å². The fourth-order valence-electron chi connectivity index (χ4n) is 0.455. The highest BCUT2D eigenvalue weighted by Crippen LogP contribution is 2.05. The molecule has 0 atom stereocenters. The van der Waals surface area contributed by atoms with Crippen molar-refractivity contribution in [2.45, 2.75) is 55.4 Å². The van der Waals surface area contributed by atoms with Crippen LogP contribution >= 0.6 is 0 Å². The highest BCUT2D eigenvalue weighted by molar-refractivity contribution is 5.25. The van der Waals surface area contributed by atoms with E-state index in [0.717, 1.165) is 7.11 Å². The summed E-state index contributed by atoms with van der Waals surface area (Å²) in [6.07, 6.45) is 4.24. The molecule has 0 fully saturated rings. The second kappa shape index (κ2) is 29.4. The van der Waals surface area contributed by atoms with Gasteiger partial charge in [0.1, 0.15) is 0 Å². The molecular weight excluding hydrogens is 172 g/mol. The minimum Gasteiger partial charge on any atom is -0.400 e. The number of aliphatic hydroxyl groups is 1. The lowest BCUT2D eigenvalue weighted by molar-refractivity contribution is 0.399. The minimum atomic E-state index is 1.00. The first-order chi connectivity index (χ1) is 6.72. The number of rotatable bonds is 1. The number of aliphatic hydroxyl groups excluding tert-OH is 1. The van der Waals surface area contributed by atoms with Crippen molar-refractivity contribution in [2.24, 2.45) is 0 Å². The average Bonchev–Trinajstić information content (AvgIpc) is 2.34. The van der Waals surface area contributed by atoms with Gasteiger partial charge in [-0.3, -0.25) is 0 Å². The maximum absolute atomic E-state index is 7.00. The third kappa shape index (κ3) is 22.5. The van der Waals surface area contributed by atoms with Gasteiger partial charge in [0.25, 0.3) is 0 Å². The van der Waals surface area contributed by atoms with Gasteiger partial charge in [-0.15, -0.1) is 0 Å². The molecule has 0 rings (SSSR count). The lowest BCUT2D eigenvalue weighted by atomic mass is 10.1. The van der Waals surface area contributed by atoms with Gasteiger partial charge in [0, 0.05) is 7.11 Å². The summed E-state index contributed by atoms with van der Waals surface area (Å²) in [5, 5.41) is 7.00. The van der Waals surface area contributed by atoms with Crippen molar-refractivity contribution in [2.75, 3.05) is 7.11 Å². The van der Waals surface area contributed by atoms with Crippen LogP contribution in [-0.4, -0.2) is 12.2 Å². The van der Waals surface area contributed by atoms with Crippen molar-refractivity contribution in [3.05, 3.63) is 23.3 Å². The Morgan fingerprint density at radius 2 is 0.857 bits per heavy atom. The van der Waals surface area contributed by atoms with Crippen LogP contribution in [0, 0.1) is 0 Å². The summed E-state index contributed by atoms with van der Waals surface area (Å²) in [6, 6.07) is 0. The molecule has 0 spiro atoms. The van der Waals surface area contributed by atoms with Gasteiger partial charge < -0.3 is 5.11 Å². The molecule has 0 radical (unpaired) electrons. The van der Waals surface area contributed by atoms with Crippen LogP contribution in [-0.2, 0) is 0 Å². The Morgan fingerprint density at radius 3 is 0.929 bits per heavy atom. The zero-order valence-electron chi connectivity index (χ0n) is 11.6. The summed E-state index contributed by atoms with van der Waals surface area (Å²) >= 11 is 0. The second-order valence-corrected chi connectivity index (χ2v) is 1.94. The van der Waals surface area contributed by atoms with Crippen LogP contribution in [0.2, 0.25) is 0 Å². The van der Waals surface area contributed by atoms with Gasteiger partial charge in [0.15, 0.2) is 0 Å². The molecule has 0 amide bonds. The number of allylic oxidation sites excluding steroid dienone is 4. The summed E-state index contributed by atoms with van der Waals surface area (Å²) in [5.41, 5.74) is 2.74. The van der Waals surface area contributed by atoms with E-state index < -0.39 is 0 Å². The summed E-state index contributed by atoms with van der Waals surface area (Å²) < 4.78 is 0. The Bertz CT molecular complexity index is 105. The topological polar surface area (TPSA) is 20.2 Å². The first-order valence-corrected chi connectivity index (χ1v) is 5.43. The third-order valence-electron chi connectivity index (χ3n) is 1.49. The second-order valence-electron chi connectivity index (χ2n) is 1.94. The van der Waals surface area contributed by atoms with Gasteiger partial charge in [0.2, 0.25) is 0 Å². The minimum absolute atomic E-state index is 1.00. The van der Waals surface area contributed by atoms with Gasteiger partial charge in [-0.1, -0.05) is 51.0 Å². The van der Waals surface area contributed by atoms with E-state index in [1.165, 1.54) is 11.1 Å². The Hall–Kier alpha value is -0.560. The van der Waals surface area contributed by atoms with E-state index in [4.69, 9.17) is 5.11 Å². The molecular formula is C13H30O. The van der Waals surface area contributed by atoms with E-state index in [2.05, 4.69) is 39.8 Å². The molecule has 14 heavy (non-hydrogen) atoms. The highest BCUT2D eigenvalue weighted by atomic mass is 16.2. The van der Waals surface area contributed by atoms with E-state index in [1.54, 1.807) is 0 Å². The normalized spacial score (nSPS) is 9.57. The van der Waals surface area contributed by atoms with E-state index in [9.17, 15) is 0 Å². The third-order valence-corrected chi connectivity index (χ3v) is 1.49. The zero-order chi connectivity index (χ0) is 12.6. The summed E-state index contributed by atoms with van der Waals surface area (Å²) in [4.78, 5) is 0. The SMILES string of the molecule is C/C=C(C)\C(C)=C/C.CC.CC.CO. The molecule has 0 bridgehead atoms. The molecule has 0 aromatic rings. The summed E-state index contributed by atoms with van der Waals surface area (Å²) in [6.45, 7) is 16.4. The quantitative estimate of drug-likeness (QED) is 0.617. The van der Waals surface area contributed by atoms with Gasteiger partial charge in [-0.25, -0.2) is 0 Å². The molecule has 0 aliphatic carbocycles. The summed E-state index contributed by atoms with van der Waals surface area (Å²) in [7, 11) is 1.00. The number of hydrogen-bond donors (Lipinski definition) is 1. The fourth-order valence-corrected chi connectivity index (χ4v) is 0.455. The first kappa shape index (κ1) is 23.3. The number of hydrogen-bond acceptors (Lipinski definition) is 1. The monoisotopic (exact) mass is 202 g/mol. The Morgan fingerprint density at radius 1 is 0.714 bits per heavy atom. The molecule has 1 heteroatoms. The molecule has 0 saturated carbocycles. The van der Waals surface area contributed by atoms with Gasteiger partial charge in [-0.05, 0) is 27.7 Å². The predicted octanol–water partition coefficient (Wildman–Crippen LogP) is 4.58. The lowest BCUT2D eigenvalue weighted by Crippen LogP contribution is -1.74. The molecule has 0 unspecified atom stereocenters. The Labute approximate surface area is 91.6 Å². The van der Waals surface area contributed by atoms with Crippen LogP contribution in [0.5, 0.6) is 0 Å². The van der Waals surface area contributed by atoms with E-state index >= 15 is 0 Å². The average molecular weight is 202 g/mol. The molecule has 0 aliphatic rings. The maximum atomic E-state index is 7.00. The molecule has 88 valence electrons. The predicted molar refractivity (Wildman–Crippen MR) is 69.7 cm³/mol. The van der Waals surface area contributed by atoms with Gasteiger partial charge >= 0.3 is 0 Å².